The van der Waals surface area contributed by atoms with Crippen molar-refractivity contribution in [1.29, 1.82) is 0 Å². The van der Waals surface area contributed by atoms with Gasteiger partial charge in [-0.15, -0.1) is 0 Å². The second-order valence-corrected chi connectivity index (χ2v) is 10.5. The molecule has 1 spiro atoms. The van der Waals surface area contributed by atoms with Crippen LogP contribution in [0.1, 0.15) is 32.8 Å². The molecule has 3 fully saturated rings. The monoisotopic (exact) mass is 522 g/mol. The zero-order valence-corrected chi connectivity index (χ0v) is 20.7. The Bertz CT molecular complexity index is 911. The van der Waals surface area contributed by atoms with Gasteiger partial charge in [0, 0.05) is 10.9 Å². The fraction of sp³-hybridized carbons (Fsp3) is 0.625. The summed E-state index contributed by atoms with van der Waals surface area (Å²) in [4.78, 5) is 41.6. The molecule has 2 N–H and O–H groups in total. The number of halogens is 1. The maximum atomic E-state index is 13.9. The highest BCUT2D eigenvalue weighted by Crippen LogP contribution is 2.60. The summed E-state index contributed by atoms with van der Waals surface area (Å²) in [5, 5.41) is 13.2. The molecular formula is C24H31BrN2O6. The van der Waals surface area contributed by atoms with Crippen LogP contribution < -0.4 is 5.32 Å². The molecule has 3 aliphatic heterocycles. The van der Waals surface area contributed by atoms with E-state index in [1.54, 1.807) is 6.92 Å². The highest BCUT2D eigenvalue weighted by Gasteiger charge is 2.77. The number of carbonyl (C=O) groups is 3. The predicted molar refractivity (Wildman–Crippen MR) is 123 cm³/mol. The summed E-state index contributed by atoms with van der Waals surface area (Å²) < 4.78 is 11.7. The van der Waals surface area contributed by atoms with E-state index in [0.717, 1.165) is 5.56 Å². The van der Waals surface area contributed by atoms with Crippen molar-refractivity contribution in [3.8, 4) is 0 Å². The van der Waals surface area contributed by atoms with Crippen LogP contribution in [0, 0.1) is 11.8 Å². The topological polar surface area (TPSA) is 105 Å². The first-order chi connectivity index (χ1) is 15.7. The van der Waals surface area contributed by atoms with Crippen molar-refractivity contribution in [2.75, 3.05) is 13.2 Å². The Morgan fingerprint density at radius 3 is 2.64 bits per heavy atom. The summed E-state index contributed by atoms with van der Waals surface area (Å²) >= 11 is 3.62. The summed E-state index contributed by atoms with van der Waals surface area (Å²) in [5.41, 5.74) is -0.219. The number of hydrogen-bond acceptors (Lipinski definition) is 6. The SMILES string of the molecule is CCOC(=O)[C@H]1[C@@H]2O[C@@]3(CC2Br)[C@@H]1C(=O)N([C@@H](CO)Cc1ccccc1)[C@@H]3C(=O)NC(C)C. The smallest absolute Gasteiger partial charge is 0.312 e. The van der Waals surface area contributed by atoms with E-state index in [4.69, 9.17) is 9.47 Å². The number of rotatable bonds is 8. The molecular weight excluding hydrogens is 492 g/mol. The number of fused-ring (bicyclic) bond motifs is 1. The molecule has 3 aliphatic rings. The van der Waals surface area contributed by atoms with Crippen LogP contribution in [0.4, 0.5) is 0 Å². The molecule has 0 aromatic heterocycles. The fourth-order valence-corrected chi connectivity index (χ4v) is 6.71. The number of esters is 1. The van der Waals surface area contributed by atoms with Crippen LogP contribution in [-0.2, 0) is 30.3 Å². The van der Waals surface area contributed by atoms with Crippen LogP contribution in [-0.4, -0.2) is 75.7 Å². The van der Waals surface area contributed by atoms with Gasteiger partial charge in [-0.1, -0.05) is 46.3 Å². The summed E-state index contributed by atoms with van der Waals surface area (Å²) in [5.74, 6) is -2.79. The van der Waals surface area contributed by atoms with Crippen molar-refractivity contribution < 1.29 is 29.0 Å². The fourth-order valence-electron chi connectivity index (χ4n) is 5.77. The van der Waals surface area contributed by atoms with Crippen molar-refractivity contribution in [2.45, 2.75) is 68.3 Å². The van der Waals surface area contributed by atoms with Crippen molar-refractivity contribution in [3.63, 3.8) is 0 Å². The number of nitrogens with one attached hydrogen (secondary N) is 1. The Balaban J connectivity index is 1.76. The van der Waals surface area contributed by atoms with Gasteiger partial charge in [-0.25, -0.2) is 0 Å². The average Bonchev–Trinajstić information content (AvgIpc) is 3.36. The Morgan fingerprint density at radius 1 is 1.33 bits per heavy atom. The highest BCUT2D eigenvalue weighted by molar-refractivity contribution is 9.09. The predicted octanol–water partition coefficient (Wildman–Crippen LogP) is 1.43. The number of aliphatic hydroxyl groups is 1. The molecule has 0 aliphatic carbocycles. The molecule has 1 aromatic rings. The molecule has 7 atom stereocenters. The van der Waals surface area contributed by atoms with Crippen LogP contribution in [0.3, 0.4) is 0 Å². The summed E-state index contributed by atoms with van der Waals surface area (Å²) in [7, 11) is 0. The third kappa shape index (κ3) is 3.98. The van der Waals surface area contributed by atoms with E-state index in [2.05, 4.69) is 21.2 Å². The molecule has 1 aromatic carbocycles. The van der Waals surface area contributed by atoms with Crippen LogP contribution in [0.2, 0.25) is 0 Å². The largest absolute Gasteiger partial charge is 0.466 e. The molecule has 1 unspecified atom stereocenters. The van der Waals surface area contributed by atoms with E-state index < -0.39 is 41.6 Å². The Kier molecular flexibility index (Phi) is 6.85. The maximum absolute atomic E-state index is 13.9. The second kappa shape index (κ2) is 9.35. The lowest BCUT2D eigenvalue weighted by Gasteiger charge is -2.37. The number of alkyl halides is 1. The van der Waals surface area contributed by atoms with Gasteiger partial charge in [-0.3, -0.25) is 14.4 Å². The van der Waals surface area contributed by atoms with Gasteiger partial charge in [0.25, 0.3) is 0 Å². The van der Waals surface area contributed by atoms with E-state index in [1.165, 1.54) is 4.90 Å². The molecule has 0 radical (unpaired) electrons. The number of hydrogen-bond donors (Lipinski definition) is 2. The van der Waals surface area contributed by atoms with Crippen LogP contribution in [0.15, 0.2) is 30.3 Å². The Hall–Kier alpha value is -1.97. The number of aliphatic hydroxyl groups excluding tert-OH is 1. The zero-order valence-electron chi connectivity index (χ0n) is 19.1. The number of amides is 2. The normalized spacial score (nSPS) is 33.3. The number of benzene rings is 1. The van der Waals surface area contributed by atoms with Gasteiger partial charge in [-0.2, -0.15) is 0 Å². The maximum Gasteiger partial charge on any atom is 0.312 e. The van der Waals surface area contributed by atoms with Crippen LogP contribution >= 0.6 is 15.9 Å². The minimum Gasteiger partial charge on any atom is -0.466 e. The van der Waals surface area contributed by atoms with Crippen molar-refractivity contribution in [1.82, 2.24) is 10.2 Å². The first-order valence-electron chi connectivity index (χ1n) is 11.5. The van der Waals surface area contributed by atoms with Gasteiger partial charge in [0.15, 0.2) is 0 Å². The van der Waals surface area contributed by atoms with Gasteiger partial charge in [0.05, 0.1) is 37.2 Å². The molecule has 2 bridgehead atoms. The standard InChI is InChI=1S/C24H31BrN2O6/c1-4-32-23(31)17-18-22(30)27(15(12-28)10-14-8-6-5-7-9-14)20(21(29)26-13(2)3)24(18)11-16(25)19(17)33-24/h5-9,13,15-20,28H,4,10-12H2,1-3H3,(H,26,29)/t15-,16?,17-,18+,19-,20-,24+/m1/s1. The van der Waals surface area contributed by atoms with E-state index in [1.807, 2.05) is 44.2 Å². The average molecular weight is 523 g/mol. The lowest BCUT2D eigenvalue weighted by atomic mass is 9.70. The van der Waals surface area contributed by atoms with Crippen LogP contribution in [0.25, 0.3) is 0 Å². The highest BCUT2D eigenvalue weighted by atomic mass is 79.9. The van der Waals surface area contributed by atoms with E-state index in [0.29, 0.717) is 12.8 Å². The minimum atomic E-state index is -1.16. The molecule has 180 valence electrons. The Morgan fingerprint density at radius 2 is 2.03 bits per heavy atom. The summed E-state index contributed by atoms with van der Waals surface area (Å²) in [6.07, 6.45) is 0.249. The first kappa shape index (κ1) is 24.2. The quantitative estimate of drug-likeness (QED) is 0.395. The van der Waals surface area contributed by atoms with Gasteiger partial charge in [-0.05, 0) is 39.2 Å². The van der Waals surface area contributed by atoms with Crippen LogP contribution in [0.5, 0.6) is 0 Å². The molecule has 8 nitrogen and oxygen atoms in total. The van der Waals surface area contributed by atoms with Gasteiger partial charge in [0.2, 0.25) is 11.8 Å². The van der Waals surface area contributed by atoms with E-state index in [-0.39, 0.29) is 35.9 Å². The van der Waals surface area contributed by atoms with Crippen molar-refractivity contribution >= 4 is 33.7 Å². The first-order valence-corrected chi connectivity index (χ1v) is 12.4. The molecule has 33 heavy (non-hydrogen) atoms. The number of ether oxygens (including phenoxy) is 2. The van der Waals surface area contributed by atoms with E-state index in [9.17, 15) is 19.5 Å². The number of likely N-dealkylation sites (tertiary alicyclic amines) is 1. The molecule has 3 heterocycles. The number of nitrogens with zero attached hydrogens (tertiary/aromatic N) is 1. The Labute approximate surface area is 202 Å². The molecule has 2 amide bonds. The lowest BCUT2D eigenvalue weighted by molar-refractivity contribution is -0.155. The molecule has 0 saturated carbocycles. The third-order valence-electron chi connectivity index (χ3n) is 6.88. The van der Waals surface area contributed by atoms with Gasteiger partial charge >= 0.3 is 5.97 Å². The van der Waals surface area contributed by atoms with Gasteiger partial charge < -0.3 is 24.8 Å². The van der Waals surface area contributed by atoms with E-state index >= 15 is 0 Å². The molecule has 9 heteroatoms. The minimum absolute atomic E-state index is 0.147. The zero-order chi connectivity index (χ0) is 23.9. The molecule has 4 rings (SSSR count). The summed E-state index contributed by atoms with van der Waals surface area (Å²) in [6, 6.07) is 7.78. The van der Waals surface area contributed by atoms with Gasteiger partial charge in [0.1, 0.15) is 11.6 Å². The van der Waals surface area contributed by atoms with Crippen molar-refractivity contribution in [3.05, 3.63) is 35.9 Å². The van der Waals surface area contributed by atoms with Crippen molar-refractivity contribution in [2.24, 2.45) is 11.8 Å². The third-order valence-corrected chi connectivity index (χ3v) is 7.73. The number of carbonyl (C=O) groups excluding carboxylic acids is 3. The summed E-state index contributed by atoms with van der Waals surface area (Å²) in [6.45, 7) is 5.29. The second-order valence-electron chi connectivity index (χ2n) is 9.35. The lowest BCUT2D eigenvalue weighted by Crippen LogP contribution is -2.59. The molecule has 3 saturated heterocycles.